The van der Waals surface area contributed by atoms with Crippen LogP contribution in [0.5, 0.6) is 5.75 Å². The first-order valence-electron chi connectivity index (χ1n) is 7.46. The number of halogens is 1. The number of benzene rings is 2. The van der Waals surface area contributed by atoms with Crippen molar-refractivity contribution in [3.63, 3.8) is 0 Å². The normalized spacial score (nSPS) is 10.2. The Morgan fingerprint density at radius 1 is 1.08 bits per heavy atom. The molecule has 1 aromatic heterocycles. The molecule has 0 aliphatic carbocycles. The Kier molecular flexibility index (Phi) is 5.25. The molecule has 0 spiro atoms. The van der Waals surface area contributed by atoms with Gasteiger partial charge in [0.2, 0.25) is 5.95 Å². The van der Waals surface area contributed by atoms with Crippen LogP contribution >= 0.6 is 15.9 Å². The summed E-state index contributed by atoms with van der Waals surface area (Å²) in [5.41, 5.74) is 1.74. The molecule has 126 valence electrons. The third-order valence-electron chi connectivity index (χ3n) is 3.36. The van der Waals surface area contributed by atoms with Crippen LogP contribution in [0.25, 0.3) is 0 Å². The van der Waals surface area contributed by atoms with E-state index in [9.17, 15) is 4.79 Å². The molecule has 1 amide bonds. The number of nitrogens with one attached hydrogen (secondary N) is 2. The number of methoxy groups -OCH3 is 1. The zero-order valence-electron chi connectivity index (χ0n) is 13.4. The van der Waals surface area contributed by atoms with E-state index in [2.05, 4.69) is 36.5 Å². The van der Waals surface area contributed by atoms with Crippen molar-refractivity contribution in [1.29, 1.82) is 0 Å². The molecule has 0 saturated carbocycles. The number of carbonyl (C=O) groups is 1. The molecule has 0 fully saturated rings. The van der Waals surface area contributed by atoms with Crippen LogP contribution in [0.15, 0.2) is 65.3 Å². The summed E-state index contributed by atoms with van der Waals surface area (Å²) in [6.45, 7) is 0. The zero-order chi connectivity index (χ0) is 17.6. The van der Waals surface area contributed by atoms with Crippen LogP contribution in [0, 0.1) is 0 Å². The summed E-state index contributed by atoms with van der Waals surface area (Å²) in [7, 11) is 1.61. The van der Waals surface area contributed by atoms with E-state index in [0.29, 0.717) is 11.6 Å². The van der Waals surface area contributed by atoms with Crippen LogP contribution in [0.2, 0.25) is 0 Å². The van der Waals surface area contributed by atoms with Crippen LogP contribution in [0.1, 0.15) is 10.5 Å². The number of anilines is 3. The van der Waals surface area contributed by atoms with Gasteiger partial charge in [0.1, 0.15) is 11.4 Å². The van der Waals surface area contributed by atoms with Crippen LogP contribution in [0.4, 0.5) is 17.3 Å². The van der Waals surface area contributed by atoms with Crippen molar-refractivity contribution < 1.29 is 9.53 Å². The lowest BCUT2D eigenvalue weighted by Gasteiger charge is -2.09. The predicted molar refractivity (Wildman–Crippen MR) is 100 cm³/mol. The second kappa shape index (κ2) is 7.76. The molecule has 1 heterocycles. The second-order valence-corrected chi connectivity index (χ2v) is 5.91. The molecule has 6 nitrogen and oxygen atoms in total. The van der Waals surface area contributed by atoms with Crippen molar-refractivity contribution in [3.8, 4) is 5.75 Å². The molecule has 2 aromatic carbocycles. The van der Waals surface area contributed by atoms with Gasteiger partial charge in [-0.05, 0) is 58.4 Å². The zero-order valence-corrected chi connectivity index (χ0v) is 14.9. The molecule has 0 radical (unpaired) electrons. The fourth-order valence-corrected chi connectivity index (χ4v) is 2.48. The molecule has 3 aromatic rings. The number of para-hydroxylation sites is 1. The highest BCUT2D eigenvalue weighted by molar-refractivity contribution is 9.10. The predicted octanol–water partition coefficient (Wildman–Crippen LogP) is 4.24. The highest BCUT2D eigenvalue weighted by Gasteiger charge is 2.11. The van der Waals surface area contributed by atoms with Crippen molar-refractivity contribution in [2.75, 3.05) is 17.7 Å². The number of rotatable bonds is 5. The lowest BCUT2D eigenvalue weighted by atomic mass is 10.3. The van der Waals surface area contributed by atoms with Gasteiger partial charge in [-0.25, -0.2) is 9.97 Å². The third kappa shape index (κ3) is 4.33. The van der Waals surface area contributed by atoms with Gasteiger partial charge in [0, 0.05) is 16.4 Å². The summed E-state index contributed by atoms with van der Waals surface area (Å²) >= 11 is 3.40. The molecule has 0 unspecified atom stereocenters. The molecule has 25 heavy (non-hydrogen) atoms. The molecule has 0 bridgehead atoms. The maximum absolute atomic E-state index is 12.4. The fraction of sp³-hybridized carbons (Fsp3) is 0.0556. The largest absolute Gasteiger partial charge is 0.497 e. The standard InChI is InChI=1S/C18H15BrN4O2/c1-25-13-8-6-12(7-9-13)21-18-20-11-10-16(23-18)17(24)22-15-5-3-2-4-14(15)19/h2-11H,1H3,(H,22,24)(H,20,21,23). The van der Waals surface area contributed by atoms with Gasteiger partial charge in [0.05, 0.1) is 12.8 Å². The SMILES string of the molecule is COc1ccc(Nc2nccc(C(=O)Nc3ccccc3Br)n2)cc1. The lowest BCUT2D eigenvalue weighted by molar-refractivity contribution is 0.102. The van der Waals surface area contributed by atoms with Gasteiger partial charge in [-0.2, -0.15) is 0 Å². The number of ether oxygens (including phenoxy) is 1. The number of hydrogen-bond donors (Lipinski definition) is 2. The van der Waals surface area contributed by atoms with Crippen LogP contribution in [-0.4, -0.2) is 23.0 Å². The average molecular weight is 399 g/mol. The average Bonchev–Trinajstić information content (AvgIpc) is 2.64. The number of aromatic nitrogens is 2. The number of nitrogens with zero attached hydrogens (tertiary/aromatic N) is 2. The Balaban J connectivity index is 1.74. The Hall–Kier alpha value is -2.93. The molecular weight excluding hydrogens is 384 g/mol. The topological polar surface area (TPSA) is 76.1 Å². The van der Waals surface area contributed by atoms with Gasteiger partial charge in [0.25, 0.3) is 5.91 Å². The summed E-state index contributed by atoms with van der Waals surface area (Å²) < 4.78 is 5.92. The smallest absolute Gasteiger partial charge is 0.274 e. The fourth-order valence-electron chi connectivity index (χ4n) is 2.10. The van der Waals surface area contributed by atoms with Gasteiger partial charge in [0.15, 0.2) is 0 Å². The van der Waals surface area contributed by atoms with E-state index in [1.165, 1.54) is 6.20 Å². The van der Waals surface area contributed by atoms with Gasteiger partial charge in [-0.3, -0.25) is 4.79 Å². The molecule has 2 N–H and O–H groups in total. The highest BCUT2D eigenvalue weighted by Crippen LogP contribution is 2.22. The van der Waals surface area contributed by atoms with E-state index in [1.807, 2.05) is 42.5 Å². The van der Waals surface area contributed by atoms with Crippen LogP contribution < -0.4 is 15.4 Å². The van der Waals surface area contributed by atoms with E-state index in [4.69, 9.17) is 4.74 Å². The van der Waals surface area contributed by atoms with Gasteiger partial charge >= 0.3 is 0 Å². The van der Waals surface area contributed by atoms with Crippen molar-refractivity contribution in [2.24, 2.45) is 0 Å². The minimum absolute atomic E-state index is 0.266. The van der Waals surface area contributed by atoms with E-state index >= 15 is 0 Å². The monoisotopic (exact) mass is 398 g/mol. The molecule has 0 aliphatic rings. The second-order valence-electron chi connectivity index (χ2n) is 5.05. The first kappa shape index (κ1) is 16.9. The van der Waals surface area contributed by atoms with E-state index in [-0.39, 0.29) is 11.6 Å². The Morgan fingerprint density at radius 2 is 1.84 bits per heavy atom. The molecule has 7 heteroatoms. The summed E-state index contributed by atoms with van der Waals surface area (Å²) in [4.78, 5) is 20.8. The number of amides is 1. The minimum atomic E-state index is -0.313. The molecular formula is C18H15BrN4O2. The van der Waals surface area contributed by atoms with E-state index in [1.54, 1.807) is 19.2 Å². The Bertz CT molecular complexity index is 884. The maximum atomic E-state index is 12.4. The molecule has 0 atom stereocenters. The van der Waals surface area contributed by atoms with Crippen molar-refractivity contribution >= 4 is 39.2 Å². The lowest BCUT2D eigenvalue weighted by Crippen LogP contribution is -2.15. The van der Waals surface area contributed by atoms with Gasteiger partial charge < -0.3 is 15.4 Å². The quantitative estimate of drug-likeness (QED) is 0.671. The summed E-state index contributed by atoms with van der Waals surface area (Å²) in [5, 5.41) is 5.87. The van der Waals surface area contributed by atoms with E-state index in [0.717, 1.165) is 15.9 Å². The highest BCUT2D eigenvalue weighted by atomic mass is 79.9. The van der Waals surface area contributed by atoms with Crippen molar-refractivity contribution in [1.82, 2.24) is 9.97 Å². The summed E-state index contributed by atoms with van der Waals surface area (Å²) in [6, 6.07) is 16.3. The van der Waals surface area contributed by atoms with Crippen LogP contribution in [-0.2, 0) is 0 Å². The van der Waals surface area contributed by atoms with Gasteiger partial charge in [-0.15, -0.1) is 0 Å². The third-order valence-corrected chi connectivity index (χ3v) is 4.05. The summed E-state index contributed by atoms with van der Waals surface area (Å²) in [5.74, 6) is 0.782. The maximum Gasteiger partial charge on any atom is 0.274 e. The number of carbonyl (C=O) groups excluding carboxylic acids is 1. The Morgan fingerprint density at radius 3 is 2.56 bits per heavy atom. The first-order valence-corrected chi connectivity index (χ1v) is 8.25. The Labute approximate surface area is 153 Å². The molecule has 0 aliphatic heterocycles. The number of hydrogen-bond acceptors (Lipinski definition) is 5. The van der Waals surface area contributed by atoms with Crippen molar-refractivity contribution in [3.05, 3.63) is 71.0 Å². The molecule has 0 saturated heterocycles. The van der Waals surface area contributed by atoms with Gasteiger partial charge in [-0.1, -0.05) is 12.1 Å². The van der Waals surface area contributed by atoms with E-state index < -0.39 is 0 Å². The molecule has 3 rings (SSSR count). The summed E-state index contributed by atoms with van der Waals surface area (Å²) in [6.07, 6.45) is 1.54. The first-order chi connectivity index (χ1) is 12.2. The van der Waals surface area contributed by atoms with Crippen LogP contribution in [0.3, 0.4) is 0 Å². The minimum Gasteiger partial charge on any atom is -0.497 e. The van der Waals surface area contributed by atoms with Crippen molar-refractivity contribution in [2.45, 2.75) is 0 Å².